The summed E-state index contributed by atoms with van der Waals surface area (Å²) in [6, 6.07) is 16.6. The molecular formula is C19H20N4O2. The number of nitrogens with one attached hydrogen (secondary N) is 1. The molecule has 1 N–H and O–H groups in total. The van der Waals surface area contributed by atoms with Crippen molar-refractivity contribution in [2.24, 2.45) is 7.05 Å². The smallest absolute Gasteiger partial charge is 0.321 e. The van der Waals surface area contributed by atoms with E-state index in [2.05, 4.69) is 10.4 Å². The van der Waals surface area contributed by atoms with Crippen LogP contribution in [0.5, 0.6) is 11.5 Å². The molecule has 0 atom stereocenters. The summed E-state index contributed by atoms with van der Waals surface area (Å²) in [6.07, 6.45) is 3.63. The Morgan fingerprint density at radius 2 is 1.88 bits per heavy atom. The Hall–Kier alpha value is -3.28. The Labute approximate surface area is 146 Å². The number of aromatic nitrogens is 2. The first-order valence-corrected chi connectivity index (χ1v) is 7.93. The van der Waals surface area contributed by atoms with Crippen molar-refractivity contribution in [2.75, 3.05) is 12.4 Å². The van der Waals surface area contributed by atoms with Gasteiger partial charge in [-0.15, -0.1) is 0 Å². The number of anilines is 1. The number of hydrogen-bond donors (Lipinski definition) is 1. The molecule has 0 saturated heterocycles. The van der Waals surface area contributed by atoms with Gasteiger partial charge in [-0.3, -0.25) is 4.68 Å². The van der Waals surface area contributed by atoms with Crippen LogP contribution in [-0.4, -0.2) is 27.8 Å². The second-order valence-electron chi connectivity index (χ2n) is 5.72. The molecule has 0 aliphatic heterocycles. The van der Waals surface area contributed by atoms with Crippen molar-refractivity contribution in [2.45, 2.75) is 6.54 Å². The van der Waals surface area contributed by atoms with Crippen LogP contribution >= 0.6 is 0 Å². The number of benzene rings is 2. The van der Waals surface area contributed by atoms with E-state index < -0.39 is 0 Å². The summed E-state index contributed by atoms with van der Waals surface area (Å²) in [6.45, 7) is 0.474. The van der Waals surface area contributed by atoms with Crippen LogP contribution in [0.4, 0.5) is 10.5 Å². The molecular weight excluding hydrogens is 316 g/mol. The number of urea groups is 1. The average molecular weight is 336 g/mol. The number of carbonyl (C=O) groups is 1. The number of aryl methyl sites for hydroxylation is 1. The van der Waals surface area contributed by atoms with E-state index >= 15 is 0 Å². The van der Waals surface area contributed by atoms with Gasteiger partial charge in [0.15, 0.2) is 5.75 Å². The predicted octanol–water partition coefficient (Wildman–Crippen LogP) is 3.88. The monoisotopic (exact) mass is 336 g/mol. The van der Waals surface area contributed by atoms with Gasteiger partial charge in [-0.1, -0.05) is 30.3 Å². The molecule has 6 heteroatoms. The van der Waals surface area contributed by atoms with E-state index in [1.165, 1.54) is 0 Å². The summed E-state index contributed by atoms with van der Waals surface area (Å²) in [5.41, 5.74) is 1.59. The van der Waals surface area contributed by atoms with Gasteiger partial charge in [0.1, 0.15) is 5.75 Å². The molecule has 0 aliphatic rings. The zero-order chi connectivity index (χ0) is 17.6. The molecule has 0 saturated carbocycles. The summed E-state index contributed by atoms with van der Waals surface area (Å²) in [7, 11) is 3.59. The molecule has 25 heavy (non-hydrogen) atoms. The van der Waals surface area contributed by atoms with Crippen LogP contribution in [0.15, 0.2) is 67.0 Å². The molecule has 128 valence electrons. The average Bonchev–Trinajstić information content (AvgIpc) is 3.02. The molecule has 6 nitrogen and oxygen atoms in total. The van der Waals surface area contributed by atoms with Crippen molar-refractivity contribution in [3.05, 3.63) is 72.6 Å². The number of hydrogen-bond acceptors (Lipinski definition) is 3. The predicted molar refractivity (Wildman–Crippen MR) is 96.7 cm³/mol. The summed E-state index contributed by atoms with van der Waals surface area (Å²) in [5, 5.41) is 7.00. The van der Waals surface area contributed by atoms with Gasteiger partial charge in [0.05, 0.1) is 18.4 Å². The fourth-order valence-electron chi connectivity index (χ4n) is 2.38. The molecule has 3 rings (SSSR count). The van der Waals surface area contributed by atoms with Gasteiger partial charge in [-0.05, 0) is 24.3 Å². The van der Waals surface area contributed by atoms with Crippen LogP contribution in [-0.2, 0) is 13.6 Å². The standard InChI is InChI=1S/C19H20N4O2/c1-22(13-15-12-20-23(2)14-15)19(24)21-17-10-6-7-11-18(17)25-16-8-4-3-5-9-16/h3-12,14H,13H2,1-2H3,(H,21,24). The quantitative estimate of drug-likeness (QED) is 0.769. The molecule has 0 radical (unpaired) electrons. The van der Waals surface area contributed by atoms with Crippen LogP contribution in [0.25, 0.3) is 0 Å². The molecule has 0 fully saturated rings. The number of carbonyl (C=O) groups excluding carboxylic acids is 1. The molecule has 3 aromatic rings. The summed E-state index contributed by atoms with van der Waals surface area (Å²) in [4.78, 5) is 14.1. The van der Waals surface area contributed by atoms with Gasteiger partial charge in [-0.25, -0.2) is 4.79 Å². The van der Waals surface area contributed by atoms with Gasteiger partial charge >= 0.3 is 6.03 Å². The topological polar surface area (TPSA) is 59.4 Å². The molecule has 1 heterocycles. The van der Waals surface area contributed by atoms with E-state index in [0.29, 0.717) is 23.7 Å². The van der Waals surface area contributed by atoms with Gasteiger partial charge < -0.3 is 15.0 Å². The first-order valence-electron chi connectivity index (χ1n) is 7.93. The Morgan fingerprint density at radius 3 is 2.60 bits per heavy atom. The third kappa shape index (κ3) is 4.38. The van der Waals surface area contributed by atoms with Crippen molar-refractivity contribution >= 4 is 11.7 Å². The zero-order valence-electron chi connectivity index (χ0n) is 14.2. The molecule has 0 spiro atoms. The summed E-state index contributed by atoms with van der Waals surface area (Å²) < 4.78 is 7.58. The van der Waals surface area contributed by atoms with Gasteiger partial charge in [-0.2, -0.15) is 5.10 Å². The second-order valence-corrected chi connectivity index (χ2v) is 5.72. The largest absolute Gasteiger partial charge is 0.455 e. The lowest BCUT2D eigenvalue weighted by molar-refractivity contribution is 0.220. The van der Waals surface area contributed by atoms with Gasteiger partial charge in [0.25, 0.3) is 0 Å². The third-order valence-electron chi connectivity index (χ3n) is 3.62. The lowest BCUT2D eigenvalue weighted by Crippen LogP contribution is -2.30. The van der Waals surface area contributed by atoms with Crippen LogP contribution in [0.2, 0.25) is 0 Å². The lowest BCUT2D eigenvalue weighted by Gasteiger charge is -2.18. The highest BCUT2D eigenvalue weighted by atomic mass is 16.5. The molecule has 2 aromatic carbocycles. The first-order chi connectivity index (χ1) is 12.1. The number of amides is 2. The first kappa shape index (κ1) is 16.6. The minimum absolute atomic E-state index is 0.215. The zero-order valence-corrected chi connectivity index (χ0v) is 14.2. The maximum atomic E-state index is 12.5. The summed E-state index contributed by atoms with van der Waals surface area (Å²) >= 11 is 0. The number of ether oxygens (including phenoxy) is 1. The van der Waals surface area contributed by atoms with E-state index in [1.807, 2.05) is 67.8 Å². The number of rotatable bonds is 5. The maximum Gasteiger partial charge on any atom is 0.321 e. The minimum Gasteiger partial charge on any atom is -0.455 e. The van der Waals surface area contributed by atoms with Crippen molar-refractivity contribution in [3.63, 3.8) is 0 Å². The highest BCUT2D eigenvalue weighted by molar-refractivity contribution is 5.90. The summed E-state index contributed by atoms with van der Waals surface area (Å²) in [5.74, 6) is 1.31. The number of nitrogens with zero attached hydrogens (tertiary/aromatic N) is 3. The SMILES string of the molecule is CN(Cc1cnn(C)c1)C(=O)Nc1ccccc1Oc1ccccc1. The Bertz CT molecular complexity index is 845. The molecule has 0 bridgehead atoms. The molecule has 0 unspecified atom stereocenters. The number of para-hydroxylation sites is 3. The highest BCUT2D eigenvalue weighted by Gasteiger charge is 2.13. The Kier molecular flexibility index (Phi) is 4.99. The van der Waals surface area contributed by atoms with Crippen LogP contribution in [0.1, 0.15) is 5.56 Å². The van der Waals surface area contributed by atoms with E-state index in [-0.39, 0.29) is 6.03 Å². The van der Waals surface area contributed by atoms with Crippen LogP contribution in [0, 0.1) is 0 Å². The van der Waals surface area contributed by atoms with E-state index in [1.54, 1.807) is 22.8 Å². The molecule has 1 aromatic heterocycles. The van der Waals surface area contributed by atoms with Crippen molar-refractivity contribution in [1.29, 1.82) is 0 Å². The van der Waals surface area contributed by atoms with Gasteiger partial charge in [0.2, 0.25) is 0 Å². The van der Waals surface area contributed by atoms with Crippen LogP contribution < -0.4 is 10.1 Å². The molecule has 0 aliphatic carbocycles. The third-order valence-corrected chi connectivity index (χ3v) is 3.62. The molecule has 2 amide bonds. The Balaban J connectivity index is 1.68. The maximum absolute atomic E-state index is 12.5. The normalized spacial score (nSPS) is 10.3. The van der Waals surface area contributed by atoms with E-state index in [9.17, 15) is 4.79 Å². The Morgan fingerprint density at radius 1 is 1.16 bits per heavy atom. The highest BCUT2D eigenvalue weighted by Crippen LogP contribution is 2.29. The minimum atomic E-state index is -0.215. The van der Waals surface area contributed by atoms with E-state index in [0.717, 1.165) is 5.56 Å². The van der Waals surface area contributed by atoms with E-state index in [4.69, 9.17) is 4.74 Å². The van der Waals surface area contributed by atoms with Crippen molar-refractivity contribution in [1.82, 2.24) is 14.7 Å². The van der Waals surface area contributed by atoms with Crippen molar-refractivity contribution < 1.29 is 9.53 Å². The van der Waals surface area contributed by atoms with Crippen LogP contribution in [0.3, 0.4) is 0 Å². The van der Waals surface area contributed by atoms with Crippen molar-refractivity contribution in [3.8, 4) is 11.5 Å². The lowest BCUT2D eigenvalue weighted by atomic mass is 10.3. The second kappa shape index (κ2) is 7.53. The van der Waals surface area contributed by atoms with Gasteiger partial charge in [0, 0.05) is 25.9 Å². The fourth-order valence-corrected chi connectivity index (χ4v) is 2.38. The fraction of sp³-hybridized carbons (Fsp3) is 0.158.